The molecule has 0 atom stereocenters. The molecule has 7 rings (SSSR count). The molecule has 2 nitrogen and oxygen atoms in total. The average molecular weight is 473 g/mol. The van der Waals surface area contributed by atoms with Crippen molar-refractivity contribution in [2.45, 2.75) is 64.7 Å². The van der Waals surface area contributed by atoms with E-state index >= 15 is 0 Å². The Morgan fingerprint density at radius 2 is 1.61 bits per heavy atom. The van der Waals surface area contributed by atoms with Crippen molar-refractivity contribution < 1.29 is 8.98 Å². The first-order chi connectivity index (χ1) is 17.4. The first-order valence-corrected chi connectivity index (χ1v) is 13.5. The first-order valence-electron chi connectivity index (χ1n) is 13.5. The number of hydrogen-bond acceptors (Lipinski definition) is 1. The van der Waals surface area contributed by atoms with Gasteiger partial charge in [0.05, 0.1) is 5.56 Å². The highest BCUT2D eigenvalue weighted by Crippen LogP contribution is 2.58. The van der Waals surface area contributed by atoms with Gasteiger partial charge in [0, 0.05) is 27.8 Å². The summed E-state index contributed by atoms with van der Waals surface area (Å²) in [7, 11) is 2.16. The highest BCUT2D eigenvalue weighted by Gasteiger charge is 2.45. The number of fused-ring (bicyclic) bond motifs is 8. The maximum Gasteiger partial charge on any atom is 0.216 e. The van der Waals surface area contributed by atoms with Crippen LogP contribution in [0.25, 0.3) is 44.3 Å². The summed E-state index contributed by atoms with van der Waals surface area (Å²) in [5.41, 5.74) is 14.4. The Morgan fingerprint density at radius 1 is 0.833 bits per heavy atom. The second-order valence-electron chi connectivity index (χ2n) is 11.5. The van der Waals surface area contributed by atoms with Gasteiger partial charge in [0.25, 0.3) is 0 Å². The number of hydrogen-bond donors (Lipinski definition) is 0. The van der Waals surface area contributed by atoms with Gasteiger partial charge in [-0.1, -0.05) is 63.1 Å². The smallest absolute Gasteiger partial charge is 0.216 e. The summed E-state index contributed by atoms with van der Waals surface area (Å²) in [6, 6.07) is 20.8. The van der Waals surface area contributed by atoms with Crippen LogP contribution in [0.15, 0.2) is 65.2 Å². The summed E-state index contributed by atoms with van der Waals surface area (Å²) in [5, 5.41) is 2.44. The third kappa shape index (κ3) is 2.82. The van der Waals surface area contributed by atoms with Crippen molar-refractivity contribution in [3.8, 4) is 22.4 Å². The molecule has 5 aromatic rings. The van der Waals surface area contributed by atoms with Crippen LogP contribution in [0.5, 0.6) is 0 Å². The van der Waals surface area contributed by atoms with Gasteiger partial charge in [-0.05, 0) is 78.1 Å². The molecule has 0 amide bonds. The predicted octanol–water partition coefficient (Wildman–Crippen LogP) is 8.66. The van der Waals surface area contributed by atoms with Crippen LogP contribution < -0.4 is 4.57 Å². The largest absolute Gasteiger partial charge is 0.455 e. The molecule has 2 aromatic heterocycles. The Kier molecular flexibility index (Phi) is 4.59. The molecule has 0 radical (unpaired) electrons. The topological polar surface area (TPSA) is 17.0 Å². The van der Waals surface area contributed by atoms with Gasteiger partial charge in [-0.2, -0.15) is 0 Å². The zero-order chi connectivity index (χ0) is 24.8. The zero-order valence-corrected chi connectivity index (χ0v) is 22.0. The van der Waals surface area contributed by atoms with Crippen molar-refractivity contribution in [2.24, 2.45) is 7.05 Å². The van der Waals surface area contributed by atoms with Crippen LogP contribution in [0, 0.1) is 13.8 Å². The van der Waals surface area contributed by atoms with Crippen molar-refractivity contribution in [1.82, 2.24) is 0 Å². The Bertz CT molecular complexity index is 1690. The molecule has 0 bridgehead atoms. The lowest BCUT2D eigenvalue weighted by molar-refractivity contribution is -0.660. The number of pyridine rings is 1. The van der Waals surface area contributed by atoms with Crippen LogP contribution in [-0.2, 0) is 12.5 Å². The van der Waals surface area contributed by atoms with Crippen molar-refractivity contribution >= 4 is 21.9 Å². The SMILES string of the molecule is Cc1c[n+](C)c(-c2c(C)ccc3c2oc2cc4c(cc23)-c2ccccc2C42CCCC2)cc1C(C)C. The van der Waals surface area contributed by atoms with Gasteiger partial charge in [0.15, 0.2) is 6.20 Å². The molecule has 36 heavy (non-hydrogen) atoms. The lowest BCUT2D eigenvalue weighted by atomic mass is 9.77. The lowest BCUT2D eigenvalue weighted by Crippen LogP contribution is -2.32. The summed E-state index contributed by atoms with van der Waals surface area (Å²) in [6.45, 7) is 8.98. The first kappa shape index (κ1) is 21.9. The number of aryl methyl sites for hydroxylation is 3. The molecule has 180 valence electrons. The minimum Gasteiger partial charge on any atom is -0.455 e. The molecule has 2 aliphatic rings. The van der Waals surface area contributed by atoms with Gasteiger partial charge >= 0.3 is 0 Å². The van der Waals surface area contributed by atoms with E-state index in [1.807, 2.05) is 0 Å². The normalized spacial score (nSPS) is 15.9. The summed E-state index contributed by atoms with van der Waals surface area (Å²) < 4.78 is 9.08. The van der Waals surface area contributed by atoms with Crippen LogP contribution in [0.2, 0.25) is 0 Å². The molecule has 0 saturated heterocycles. The molecule has 1 saturated carbocycles. The molecule has 1 spiro atoms. The van der Waals surface area contributed by atoms with Crippen LogP contribution in [-0.4, -0.2) is 0 Å². The Morgan fingerprint density at radius 3 is 2.39 bits per heavy atom. The Hall–Kier alpha value is -3.39. The summed E-state index contributed by atoms with van der Waals surface area (Å²) in [6.07, 6.45) is 7.35. The molecular weight excluding hydrogens is 438 g/mol. The summed E-state index contributed by atoms with van der Waals surface area (Å²) >= 11 is 0. The van der Waals surface area contributed by atoms with E-state index < -0.39 is 0 Å². The fourth-order valence-electron chi connectivity index (χ4n) is 7.39. The Labute approximate surface area is 213 Å². The zero-order valence-electron chi connectivity index (χ0n) is 22.0. The molecule has 1 fully saturated rings. The van der Waals surface area contributed by atoms with E-state index in [1.54, 1.807) is 0 Å². The van der Waals surface area contributed by atoms with E-state index in [1.165, 1.54) is 86.7 Å². The average Bonchev–Trinajstić information content (AvgIpc) is 3.55. The van der Waals surface area contributed by atoms with Crippen LogP contribution in [0.4, 0.5) is 0 Å². The maximum atomic E-state index is 6.82. The highest BCUT2D eigenvalue weighted by atomic mass is 16.3. The number of furan rings is 1. The predicted molar refractivity (Wildman–Crippen MR) is 149 cm³/mol. The van der Waals surface area contributed by atoms with E-state index in [4.69, 9.17) is 4.42 Å². The number of aromatic nitrogens is 1. The minimum atomic E-state index is 0.160. The highest BCUT2D eigenvalue weighted by molar-refractivity contribution is 6.11. The monoisotopic (exact) mass is 472 g/mol. The van der Waals surface area contributed by atoms with E-state index in [9.17, 15) is 0 Å². The number of rotatable bonds is 2. The minimum absolute atomic E-state index is 0.160. The van der Waals surface area contributed by atoms with Crippen LogP contribution in [0.3, 0.4) is 0 Å². The van der Waals surface area contributed by atoms with Gasteiger partial charge in [-0.25, -0.2) is 4.57 Å². The number of benzene rings is 3. The van der Waals surface area contributed by atoms with Crippen molar-refractivity contribution in [1.29, 1.82) is 0 Å². The van der Waals surface area contributed by atoms with E-state index in [0.717, 1.165) is 11.2 Å². The van der Waals surface area contributed by atoms with E-state index in [0.29, 0.717) is 5.92 Å². The van der Waals surface area contributed by atoms with Crippen molar-refractivity contribution in [3.05, 3.63) is 88.6 Å². The second-order valence-corrected chi connectivity index (χ2v) is 11.5. The van der Waals surface area contributed by atoms with Crippen LogP contribution in [0.1, 0.15) is 73.3 Å². The standard InChI is InChI=1S/C34H34NO/c1-20(2)25-17-30(35(5)19-22(25)4)32-21(3)12-13-24-27-16-26-23-10-6-7-11-28(23)34(14-8-9-15-34)29(26)18-31(27)36-33(24)32/h6-7,10-13,16-20H,8-9,14-15H2,1-5H3/q+1. The maximum absolute atomic E-state index is 6.82. The van der Waals surface area contributed by atoms with Crippen molar-refractivity contribution in [2.75, 3.05) is 0 Å². The van der Waals surface area contributed by atoms with Crippen molar-refractivity contribution in [3.63, 3.8) is 0 Å². The van der Waals surface area contributed by atoms with E-state index in [2.05, 4.69) is 100 Å². The number of nitrogens with zero attached hydrogens (tertiary/aromatic N) is 1. The molecule has 3 aromatic carbocycles. The third-order valence-electron chi connectivity index (χ3n) is 9.09. The molecule has 2 aliphatic carbocycles. The van der Waals surface area contributed by atoms with Gasteiger partial charge in [0.1, 0.15) is 18.2 Å². The quantitative estimate of drug-likeness (QED) is 0.235. The molecular formula is C34H34NO+. The lowest BCUT2D eigenvalue weighted by Gasteiger charge is -2.26. The summed E-state index contributed by atoms with van der Waals surface area (Å²) in [5.74, 6) is 0.478. The van der Waals surface area contributed by atoms with Gasteiger partial charge in [-0.3, -0.25) is 0 Å². The fraction of sp³-hybridized carbons (Fsp3) is 0.324. The fourth-order valence-corrected chi connectivity index (χ4v) is 7.39. The molecule has 0 N–H and O–H groups in total. The Balaban J connectivity index is 1.53. The molecule has 2 heteroatoms. The van der Waals surface area contributed by atoms with Gasteiger partial charge in [0.2, 0.25) is 5.69 Å². The third-order valence-corrected chi connectivity index (χ3v) is 9.09. The van der Waals surface area contributed by atoms with Crippen LogP contribution >= 0.6 is 0 Å². The second kappa shape index (κ2) is 7.56. The molecule has 0 unspecified atom stereocenters. The molecule has 2 heterocycles. The van der Waals surface area contributed by atoms with Gasteiger partial charge in [-0.15, -0.1) is 0 Å². The van der Waals surface area contributed by atoms with Gasteiger partial charge < -0.3 is 4.42 Å². The van der Waals surface area contributed by atoms with E-state index in [-0.39, 0.29) is 5.41 Å². The summed E-state index contributed by atoms with van der Waals surface area (Å²) in [4.78, 5) is 0. The molecule has 0 aliphatic heterocycles.